The van der Waals surface area contributed by atoms with E-state index < -0.39 is 0 Å². The average molecular weight is 286 g/mol. The molecule has 0 aliphatic rings. The van der Waals surface area contributed by atoms with Gasteiger partial charge in [-0.25, -0.2) is 0 Å². The van der Waals surface area contributed by atoms with E-state index in [0.29, 0.717) is 11.3 Å². The van der Waals surface area contributed by atoms with Gasteiger partial charge in [0.25, 0.3) is 0 Å². The molecule has 0 heterocycles. The Kier molecular flexibility index (Phi) is 5.26. The number of hydrogen-bond donors (Lipinski definition) is 0. The molecule has 5 heteroatoms. The lowest BCUT2D eigenvalue weighted by molar-refractivity contribution is -0.149. The van der Waals surface area contributed by atoms with Crippen molar-refractivity contribution in [1.29, 1.82) is 5.26 Å². The summed E-state index contributed by atoms with van der Waals surface area (Å²) in [7, 11) is 1.55. The summed E-state index contributed by atoms with van der Waals surface area (Å²) in [5, 5.41) is 8.88. The van der Waals surface area contributed by atoms with E-state index in [2.05, 4.69) is 15.9 Å². The smallest absolute Gasteiger partial charge is 0.192 e. The molecule has 0 aromatic heterocycles. The predicted octanol–water partition coefficient (Wildman–Crippen LogP) is 2.67. The topological polar surface area (TPSA) is 51.5 Å². The Hall–Kier alpha value is -1.09. The van der Waals surface area contributed by atoms with Gasteiger partial charge in [0.15, 0.2) is 18.8 Å². The molecule has 16 heavy (non-hydrogen) atoms. The van der Waals surface area contributed by atoms with Crippen LogP contribution in [0.2, 0.25) is 0 Å². The number of benzene rings is 1. The number of rotatable bonds is 5. The van der Waals surface area contributed by atoms with Crippen molar-refractivity contribution in [2.24, 2.45) is 0 Å². The number of hydrogen-bond acceptors (Lipinski definition) is 4. The van der Waals surface area contributed by atoms with Gasteiger partial charge in [-0.3, -0.25) is 0 Å². The van der Waals surface area contributed by atoms with Crippen molar-refractivity contribution in [3.63, 3.8) is 0 Å². The largest absolute Gasteiger partial charge is 0.465 e. The summed E-state index contributed by atoms with van der Waals surface area (Å²) in [6.07, 6.45) is -0.340. The maximum absolute atomic E-state index is 8.88. The zero-order valence-electron chi connectivity index (χ0n) is 9.07. The van der Waals surface area contributed by atoms with E-state index in [1.54, 1.807) is 32.2 Å². The van der Waals surface area contributed by atoms with Crippen molar-refractivity contribution in [2.75, 3.05) is 13.9 Å². The molecule has 0 amide bonds. The van der Waals surface area contributed by atoms with E-state index in [4.69, 9.17) is 19.5 Å². The zero-order valence-corrected chi connectivity index (χ0v) is 10.7. The summed E-state index contributed by atoms with van der Waals surface area (Å²) >= 11 is 3.31. The molecule has 0 N–H and O–H groups in total. The first-order valence-electron chi connectivity index (χ1n) is 4.65. The first-order valence-corrected chi connectivity index (χ1v) is 5.44. The second kappa shape index (κ2) is 6.48. The molecule has 1 atom stereocenters. The van der Waals surface area contributed by atoms with Crippen LogP contribution in [0.25, 0.3) is 0 Å². The number of ether oxygens (including phenoxy) is 3. The lowest BCUT2D eigenvalue weighted by atomic mass is 10.2. The molecule has 86 valence electrons. The Morgan fingerprint density at radius 2 is 2.25 bits per heavy atom. The Bertz CT molecular complexity index is 389. The molecule has 0 radical (unpaired) electrons. The fraction of sp³-hybridized carbons (Fsp3) is 0.364. The summed E-state index contributed by atoms with van der Waals surface area (Å²) < 4.78 is 16.2. The molecule has 0 saturated carbocycles. The van der Waals surface area contributed by atoms with E-state index in [0.717, 1.165) is 4.47 Å². The van der Waals surface area contributed by atoms with Crippen molar-refractivity contribution in [3.05, 3.63) is 28.2 Å². The van der Waals surface area contributed by atoms with Crippen LogP contribution in [0.4, 0.5) is 0 Å². The fourth-order valence-corrected chi connectivity index (χ4v) is 1.48. The minimum atomic E-state index is -0.340. The summed E-state index contributed by atoms with van der Waals surface area (Å²) in [6, 6.07) is 7.30. The zero-order chi connectivity index (χ0) is 12.0. The predicted molar refractivity (Wildman–Crippen MR) is 61.9 cm³/mol. The third-order valence-corrected chi connectivity index (χ3v) is 2.55. The lowest BCUT2D eigenvalue weighted by Crippen LogP contribution is -2.14. The van der Waals surface area contributed by atoms with Crippen molar-refractivity contribution >= 4 is 15.9 Å². The first kappa shape index (κ1) is 13.0. The van der Waals surface area contributed by atoms with Gasteiger partial charge in [-0.05, 0) is 35.0 Å². The number of halogens is 1. The third-order valence-electron chi connectivity index (χ3n) is 1.93. The van der Waals surface area contributed by atoms with Crippen LogP contribution in [0.5, 0.6) is 5.75 Å². The molecule has 1 aromatic carbocycles. The van der Waals surface area contributed by atoms with Crippen LogP contribution in [0.3, 0.4) is 0 Å². The minimum absolute atomic E-state index is 0.0340. The maximum Gasteiger partial charge on any atom is 0.192 e. The van der Waals surface area contributed by atoms with Gasteiger partial charge >= 0.3 is 0 Å². The highest BCUT2D eigenvalue weighted by Gasteiger charge is 2.08. The minimum Gasteiger partial charge on any atom is -0.465 e. The van der Waals surface area contributed by atoms with Crippen molar-refractivity contribution in [3.8, 4) is 11.8 Å². The number of methoxy groups -OCH3 is 1. The Morgan fingerprint density at radius 3 is 2.88 bits per heavy atom. The molecular weight excluding hydrogens is 274 g/mol. The van der Waals surface area contributed by atoms with Gasteiger partial charge in [-0.15, -0.1) is 0 Å². The molecule has 0 bridgehead atoms. The number of para-hydroxylation sites is 1. The van der Waals surface area contributed by atoms with Gasteiger partial charge in [-0.1, -0.05) is 6.07 Å². The van der Waals surface area contributed by atoms with Gasteiger partial charge in [0.05, 0.1) is 10.0 Å². The van der Waals surface area contributed by atoms with Crippen LogP contribution in [-0.2, 0) is 9.47 Å². The van der Waals surface area contributed by atoms with Crippen LogP contribution < -0.4 is 4.74 Å². The molecule has 4 nitrogen and oxygen atoms in total. The van der Waals surface area contributed by atoms with Gasteiger partial charge in [0.2, 0.25) is 0 Å². The monoisotopic (exact) mass is 285 g/mol. The summed E-state index contributed by atoms with van der Waals surface area (Å²) in [6.45, 7) is 1.79. The molecule has 0 aliphatic heterocycles. The lowest BCUT2D eigenvalue weighted by Gasteiger charge is -2.13. The van der Waals surface area contributed by atoms with E-state index in [-0.39, 0.29) is 13.1 Å². The normalized spacial score (nSPS) is 11.9. The van der Waals surface area contributed by atoms with Crippen molar-refractivity contribution in [2.45, 2.75) is 13.2 Å². The Balaban J connectivity index is 2.63. The summed E-state index contributed by atoms with van der Waals surface area (Å²) in [5.41, 5.74) is 0.461. The number of nitrogens with zero attached hydrogens (tertiary/aromatic N) is 1. The van der Waals surface area contributed by atoms with Crippen molar-refractivity contribution in [1.82, 2.24) is 0 Å². The molecule has 0 aliphatic carbocycles. The molecule has 1 aromatic rings. The van der Waals surface area contributed by atoms with Crippen LogP contribution in [0.15, 0.2) is 22.7 Å². The number of nitriles is 1. The highest BCUT2D eigenvalue weighted by Crippen LogP contribution is 2.28. The second-order valence-electron chi connectivity index (χ2n) is 2.96. The van der Waals surface area contributed by atoms with Crippen LogP contribution >= 0.6 is 15.9 Å². The van der Waals surface area contributed by atoms with E-state index in [1.165, 1.54) is 0 Å². The molecule has 0 saturated heterocycles. The van der Waals surface area contributed by atoms with Gasteiger partial charge in [0.1, 0.15) is 6.07 Å². The van der Waals surface area contributed by atoms with E-state index in [9.17, 15) is 0 Å². The SMILES string of the molecule is COC(C)OCOc1c(Br)cccc1C#N. The van der Waals surface area contributed by atoms with E-state index in [1.807, 2.05) is 6.07 Å². The van der Waals surface area contributed by atoms with Gasteiger partial charge in [0, 0.05) is 7.11 Å². The Labute approximate surface area is 103 Å². The molecule has 1 rings (SSSR count). The van der Waals surface area contributed by atoms with Crippen LogP contribution in [0.1, 0.15) is 12.5 Å². The summed E-state index contributed by atoms with van der Waals surface area (Å²) in [5.74, 6) is 0.480. The molecule has 0 spiro atoms. The standard InChI is InChI=1S/C11H12BrNO3/c1-8(14-2)15-7-16-11-9(6-13)4-3-5-10(11)12/h3-5,8H,7H2,1-2H3. The molecular formula is C11H12BrNO3. The quantitative estimate of drug-likeness (QED) is 0.781. The van der Waals surface area contributed by atoms with E-state index >= 15 is 0 Å². The van der Waals surface area contributed by atoms with Gasteiger partial charge < -0.3 is 14.2 Å². The molecule has 1 unspecified atom stereocenters. The van der Waals surface area contributed by atoms with Crippen LogP contribution in [-0.4, -0.2) is 20.2 Å². The fourth-order valence-electron chi connectivity index (χ4n) is 1.00. The van der Waals surface area contributed by atoms with Gasteiger partial charge in [-0.2, -0.15) is 5.26 Å². The second-order valence-corrected chi connectivity index (χ2v) is 3.81. The summed E-state index contributed by atoms with van der Waals surface area (Å²) in [4.78, 5) is 0. The highest BCUT2D eigenvalue weighted by atomic mass is 79.9. The maximum atomic E-state index is 8.88. The highest BCUT2D eigenvalue weighted by molar-refractivity contribution is 9.10. The Morgan fingerprint density at radius 1 is 1.50 bits per heavy atom. The molecule has 0 fully saturated rings. The first-order chi connectivity index (χ1) is 7.69. The van der Waals surface area contributed by atoms with Crippen molar-refractivity contribution < 1.29 is 14.2 Å². The average Bonchev–Trinajstić information content (AvgIpc) is 2.30. The third kappa shape index (κ3) is 3.49. The van der Waals surface area contributed by atoms with Crippen LogP contribution in [0, 0.1) is 11.3 Å².